The molecular formula is C23H24N4O3S. The highest BCUT2D eigenvalue weighted by molar-refractivity contribution is 7.13. The number of carbonyl (C=O) groups is 2. The summed E-state index contributed by atoms with van der Waals surface area (Å²) >= 11 is 1.63. The van der Waals surface area contributed by atoms with Gasteiger partial charge in [0.25, 0.3) is 0 Å². The van der Waals surface area contributed by atoms with Crippen LogP contribution in [0.1, 0.15) is 30.1 Å². The van der Waals surface area contributed by atoms with E-state index in [1.165, 1.54) is 0 Å². The van der Waals surface area contributed by atoms with E-state index in [0.717, 1.165) is 35.8 Å². The van der Waals surface area contributed by atoms with E-state index in [1.807, 2.05) is 29.6 Å². The lowest BCUT2D eigenvalue weighted by molar-refractivity contribution is -0.120. The van der Waals surface area contributed by atoms with E-state index < -0.39 is 0 Å². The van der Waals surface area contributed by atoms with Gasteiger partial charge in [-0.3, -0.25) is 4.79 Å². The number of rotatable bonds is 6. The van der Waals surface area contributed by atoms with Gasteiger partial charge in [-0.05, 0) is 67.6 Å². The average Bonchev–Trinajstić information content (AvgIpc) is 3.35. The minimum absolute atomic E-state index is 0.0308. The summed E-state index contributed by atoms with van der Waals surface area (Å²) in [6, 6.07) is 14.7. The fraction of sp³-hybridized carbons (Fsp3) is 0.304. The maximum atomic E-state index is 12.8. The quantitative estimate of drug-likeness (QED) is 0.582. The lowest BCUT2D eigenvalue weighted by Crippen LogP contribution is -2.41. The SMILES string of the molecule is CCOC(=O)c1ccc(NC(=O)C2CCCN(c3ccc(-c4cccs4)nn3)C2)cc1. The number of benzene rings is 1. The molecule has 3 heterocycles. The van der Waals surface area contributed by atoms with Crippen molar-refractivity contribution < 1.29 is 14.3 Å². The molecular weight excluding hydrogens is 412 g/mol. The van der Waals surface area contributed by atoms with Crippen LogP contribution in [0.3, 0.4) is 0 Å². The van der Waals surface area contributed by atoms with Gasteiger partial charge in [-0.25, -0.2) is 4.79 Å². The number of esters is 1. The molecule has 1 unspecified atom stereocenters. The number of carbonyl (C=O) groups excluding carboxylic acids is 2. The molecule has 1 atom stereocenters. The third kappa shape index (κ3) is 5.08. The van der Waals surface area contributed by atoms with Crippen LogP contribution < -0.4 is 10.2 Å². The van der Waals surface area contributed by atoms with Crippen LogP contribution in [0.2, 0.25) is 0 Å². The second-order valence-electron chi connectivity index (χ2n) is 7.33. The molecule has 0 spiro atoms. The molecule has 0 aliphatic carbocycles. The van der Waals surface area contributed by atoms with Crippen LogP contribution in [0.5, 0.6) is 0 Å². The maximum absolute atomic E-state index is 12.8. The molecule has 1 aliphatic heterocycles. The smallest absolute Gasteiger partial charge is 0.338 e. The standard InChI is InChI=1S/C23H24N4O3S/c1-2-30-23(29)16-7-9-18(10-8-16)24-22(28)17-5-3-13-27(15-17)21-12-11-19(25-26-21)20-6-4-14-31-20/h4,6-12,14,17H,2-3,5,13,15H2,1H3,(H,24,28). The maximum Gasteiger partial charge on any atom is 0.338 e. The third-order valence-corrected chi connectivity index (χ3v) is 6.10. The normalized spacial score (nSPS) is 16.0. The van der Waals surface area contributed by atoms with Gasteiger partial charge in [0, 0.05) is 18.8 Å². The number of ether oxygens (including phenoxy) is 1. The van der Waals surface area contributed by atoms with E-state index in [1.54, 1.807) is 42.5 Å². The molecule has 1 fully saturated rings. The van der Waals surface area contributed by atoms with Crippen LogP contribution in [0.4, 0.5) is 11.5 Å². The van der Waals surface area contributed by atoms with Gasteiger partial charge in [-0.2, -0.15) is 0 Å². The van der Waals surface area contributed by atoms with Crippen molar-refractivity contribution in [1.29, 1.82) is 0 Å². The van der Waals surface area contributed by atoms with Gasteiger partial charge in [-0.1, -0.05) is 6.07 Å². The van der Waals surface area contributed by atoms with Crippen LogP contribution in [0.15, 0.2) is 53.9 Å². The molecule has 1 saturated heterocycles. The minimum Gasteiger partial charge on any atom is -0.462 e. The van der Waals surface area contributed by atoms with Crippen molar-refractivity contribution in [3.05, 3.63) is 59.5 Å². The number of piperidine rings is 1. The molecule has 1 amide bonds. The number of hydrogen-bond acceptors (Lipinski definition) is 7. The molecule has 1 aromatic carbocycles. The summed E-state index contributed by atoms with van der Waals surface area (Å²) in [4.78, 5) is 27.8. The number of hydrogen-bond donors (Lipinski definition) is 1. The summed E-state index contributed by atoms with van der Waals surface area (Å²) in [6.07, 6.45) is 1.73. The van der Waals surface area contributed by atoms with Crippen LogP contribution in [0.25, 0.3) is 10.6 Å². The van der Waals surface area contributed by atoms with Crippen molar-refractivity contribution in [2.45, 2.75) is 19.8 Å². The second kappa shape index (κ2) is 9.70. The number of anilines is 2. The van der Waals surface area contributed by atoms with Crippen LogP contribution in [-0.2, 0) is 9.53 Å². The largest absolute Gasteiger partial charge is 0.462 e. The Morgan fingerprint density at radius 3 is 2.68 bits per heavy atom. The van der Waals surface area contributed by atoms with Crippen LogP contribution >= 0.6 is 11.3 Å². The Hall–Kier alpha value is -3.26. The Kier molecular flexibility index (Phi) is 6.57. The Balaban J connectivity index is 1.37. The Bertz CT molecular complexity index is 1020. The molecule has 2 aromatic heterocycles. The molecule has 160 valence electrons. The van der Waals surface area contributed by atoms with Gasteiger partial charge in [-0.15, -0.1) is 21.5 Å². The van der Waals surface area contributed by atoms with Crippen molar-refractivity contribution in [2.24, 2.45) is 5.92 Å². The monoisotopic (exact) mass is 436 g/mol. The molecule has 1 N–H and O–H groups in total. The van der Waals surface area contributed by atoms with Crippen molar-refractivity contribution in [2.75, 3.05) is 29.9 Å². The fourth-order valence-electron chi connectivity index (χ4n) is 3.60. The third-order valence-electron chi connectivity index (χ3n) is 5.20. The lowest BCUT2D eigenvalue weighted by atomic mass is 9.97. The lowest BCUT2D eigenvalue weighted by Gasteiger charge is -2.32. The molecule has 7 nitrogen and oxygen atoms in total. The summed E-state index contributed by atoms with van der Waals surface area (Å²) in [5.41, 5.74) is 1.99. The van der Waals surface area contributed by atoms with Crippen LogP contribution in [-0.4, -0.2) is 41.8 Å². The molecule has 8 heteroatoms. The van der Waals surface area contributed by atoms with E-state index in [4.69, 9.17) is 4.74 Å². The Labute approximate surface area is 185 Å². The second-order valence-corrected chi connectivity index (χ2v) is 8.27. The van der Waals surface area contributed by atoms with E-state index >= 15 is 0 Å². The number of thiophene rings is 1. The zero-order valence-electron chi connectivity index (χ0n) is 17.3. The van der Waals surface area contributed by atoms with Gasteiger partial charge in [0.05, 0.1) is 23.0 Å². The number of amides is 1. The van der Waals surface area contributed by atoms with Crippen molar-refractivity contribution >= 4 is 34.7 Å². The molecule has 31 heavy (non-hydrogen) atoms. The van der Waals surface area contributed by atoms with Crippen molar-refractivity contribution in [3.8, 4) is 10.6 Å². The summed E-state index contributed by atoms with van der Waals surface area (Å²) in [5, 5.41) is 13.7. The molecule has 1 aliphatic rings. The highest BCUT2D eigenvalue weighted by atomic mass is 32.1. The van der Waals surface area contributed by atoms with Gasteiger partial charge in [0.2, 0.25) is 5.91 Å². The van der Waals surface area contributed by atoms with E-state index in [-0.39, 0.29) is 17.8 Å². The molecule has 4 rings (SSSR count). The van der Waals surface area contributed by atoms with E-state index in [2.05, 4.69) is 20.4 Å². The first-order chi connectivity index (χ1) is 15.1. The van der Waals surface area contributed by atoms with Crippen molar-refractivity contribution in [1.82, 2.24) is 10.2 Å². The zero-order valence-corrected chi connectivity index (χ0v) is 18.1. The van der Waals surface area contributed by atoms with E-state index in [0.29, 0.717) is 24.4 Å². The van der Waals surface area contributed by atoms with Gasteiger partial charge in [0.1, 0.15) is 5.69 Å². The summed E-state index contributed by atoms with van der Waals surface area (Å²) in [7, 11) is 0. The van der Waals surface area contributed by atoms with Crippen LogP contribution in [0, 0.1) is 5.92 Å². The first-order valence-corrected chi connectivity index (χ1v) is 11.2. The number of nitrogens with zero attached hydrogens (tertiary/aromatic N) is 3. The topological polar surface area (TPSA) is 84.4 Å². The summed E-state index contributed by atoms with van der Waals surface area (Å²) in [5.74, 6) is 0.250. The summed E-state index contributed by atoms with van der Waals surface area (Å²) in [6.45, 7) is 3.55. The summed E-state index contributed by atoms with van der Waals surface area (Å²) < 4.78 is 4.98. The molecule has 3 aromatic rings. The zero-order chi connectivity index (χ0) is 21.6. The van der Waals surface area contributed by atoms with Crippen molar-refractivity contribution in [3.63, 3.8) is 0 Å². The highest BCUT2D eigenvalue weighted by Gasteiger charge is 2.27. The predicted molar refractivity (Wildman–Crippen MR) is 121 cm³/mol. The number of aromatic nitrogens is 2. The highest BCUT2D eigenvalue weighted by Crippen LogP contribution is 2.26. The van der Waals surface area contributed by atoms with Gasteiger partial charge in [0.15, 0.2) is 5.82 Å². The Morgan fingerprint density at radius 1 is 1.16 bits per heavy atom. The number of nitrogens with one attached hydrogen (secondary N) is 1. The van der Waals surface area contributed by atoms with Gasteiger partial charge < -0.3 is 15.0 Å². The predicted octanol–water partition coefficient (Wildman–Crippen LogP) is 4.24. The molecule has 0 radical (unpaired) electrons. The van der Waals surface area contributed by atoms with E-state index in [9.17, 15) is 9.59 Å². The molecule has 0 bridgehead atoms. The van der Waals surface area contributed by atoms with Gasteiger partial charge >= 0.3 is 5.97 Å². The first-order valence-electron chi connectivity index (χ1n) is 10.3. The minimum atomic E-state index is -0.366. The fourth-order valence-corrected chi connectivity index (χ4v) is 4.29. The molecule has 0 saturated carbocycles. The Morgan fingerprint density at radius 2 is 2.00 bits per heavy atom. The average molecular weight is 437 g/mol. The first kappa shape index (κ1) is 21.0.